The van der Waals surface area contributed by atoms with Gasteiger partial charge in [-0.05, 0) is 56.2 Å². The number of amides is 1. The summed E-state index contributed by atoms with van der Waals surface area (Å²) in [5.41, 5.74) is 6.97. The minimum atomic E-state index is -0.367. The van der Waals surface area contributed by atoms with Crippen molar-refractivity contribution >= 4 is 18.3 Å². The highest BCUT2D eigenvalue weighted by atomic mass is 35.5. The summed E-state index contributed by atoms with van der Waals surface area (Å²) in [6.45, 7) is 2.16. The van der Waals surface area contributed by atoms with Crippen LogP contribution in [0.4, 0.5) is 0 Å². The van der Waals surface area contributed by atoms with Crippen LogP contribution in [0.2, 0.25) is 0 Å². The molecule has 29 heavy (non-hydrogen) atoms. The molecule has 1 aromatic rings. The average Bonchev–Trinajstić information content (AvgIpc) is 3.04. The first kappa shape index (κ1) is 21.1. The van der Waals surface area contributed by atoms with Gasteiger partial charge in [-0.1, -0.05) is 18.6 Å². The number of carbonyl (C=O) groups is 1. The first-order valence-corrected chi connectivity index (χ1v) is 10.9. The van der Waals surface area contributed by atoms with Crippen LogP contribution in [0, 0.1) is 11.8 Å². The van der Waals surface area contributed by atoms with E-state index in [1.54, 1.807) is 6.07 Å². The van der Waals surface area contributed by atoms with Gasteiger partial charge in [0.25, 0.3) is 0 Å². The number of hydrogen-bond donors (Lipinski definition) is 1. The molecule has 0 spiro atoms. The second-order valence-electron chi connectivity index (χ2n) is 9.30. The Bertz CT molecular complexity index is 731. The normalized spacial score (nSPS) is 39.0. The number of ether oxygens (including phenoxy) is 2. The number of carbonyl (C=O) groups excluding carboxylic acids is 1. The zero-order valence-electron chi connectivity index (χ0n) is 17.2. The SMILES string of the molecule is CO[C@]1(c2cccc(C(N)=O)c2)[C@@H]2CCC[C@H]1CN([C@H]1C[C@H]3CC[C@@H](C1)O3)C2.Cl. The summed E-state index contributed by atoms with van der Waals surface area (Å²) in [6, 6.07) is 8.51. The van der Waals surface area contributed by atoms with Gasteiger partial charge in [0, 0.05) is 43.6 Å². The van der Waals surface area contributed by atoms with Gasteiger partial charge >= 0.3 is 0 Å². The summed E-state index contributed by atoms with van der Waals surface area (Å²) in [4.78, 5) is 14.5. The van der Waals surface area contributed by atoms with Crippen molar-refractivity contribution in [1.82, 2.24) is 4.90 Å². The number of halogens is 1. The van der Waals surface area contributed by atoms with Crippen LogP contribution in [0.1, 0.15) is 60.9 Å². The predicted octanol–water partition coefficient (Wildman–Crippen LogP) is 3.49. The molecule has 160 valence electrons. The van der Waals surface area contributed by atoms with Crippen LogP contribution in [0.5, 0.6) is 0 Å². The van der Waals surface area contributed by atoms with Crippen LogP contribution < -0.4 is 5.73 Å². The molecule has 1 amide bonds. The van der Waals surface area contributed by atoms with E-state index in [0.29, 0.717) is 35.6 Å². The van der Waals surface area contributed by atoms with Gasteiger partial charge in [0.2, 0.25) is 5.91 Å². The van der Waals surface area contributed by atoms with Crippen molar-refractivity contribution in [2.75, 3.05) is 20.2 Å². The molecule has 1 saturated carbocycles. The molecule has 4 fully saturated rings. The molecule has 0 aromatic heterocycles. The smallest absolute Gasteiger partial charge is 0.248 e. The molecule has 1 aromatic carbocycles. The quantitative estimate of drug-likeness (QED) is 0.809. The first-order valence-electron chi connectivity index (χ1n) is 10.9. The summed E-state index contributed by atoms with van der Waals surface area (Å²) >= 11 is 0. The summed E-state index contributed by atoms with van der Waals surface area (Å²) < 4.78 is 12.4. The lowest BCUT2D eigenvalue weighted by Gasteiger charge is -2.57. The number of hydrogen-bond acceptors (Lipinski definition) is 4. The lowest BCUT2D eigenvalue weighted by Crippen LogP contribution is -2.61. The molecular weight excluding hydrogens is 388 g/mol. The molecule has 6 heteroatoms. The van der Waals surface area contributed by atoms with Crippen molar-refractivity contribution in [2.45, 2.75) is 68.8 Å². The zero-order valence-corrected chi connectivity index (χ0v) is 18.0. The van der Waals surface area contributed by atoms with E-state index in [1.807, 2.05) is 19.2 Å². The average molecular weight is 421 g/mol. The van der Waals surface area contributed by atoms with Crippen molar-refractivity contribution in [3.63, 3.8) is 0 Å². The van der Waals surface area contributed by atoms with Crippen LogP contribution >= 0.6 is 12.4 Å². The lowest BCUT2D eigenvalue weighted by molar-refractivity contribution is -0.180. The Balaban J connectivity index is 0.00000205. The van der Waals surface area contributed by atoms with Gasteiger partial charge in [-0.3, -0.25) is 9.69 Å². The third-order valence-corrected chi connectivity index (χ3v) is 7.95. The number of methoxy groups -OCH3 is 1. The molecule has 5 rings (SSSR count). The molecule has 1 aliphatic carbocycles. The maximum atomic E-state index is 11.8. The van der Waals surface area contributed by atoms with E-state index in [4.69, 9.17) is 15.2 Å². The summed E-state index contributed by atoms with van der Waals surface area (Å²) in [6.07, 6.45) is 9.43. The number of rotatable bonds is 4. The Kier molecular flexibility index (Phi) is 5.95. The van der Waals surface area contributed by atoms with Gasteiger partial charge in [0.05, 0.1) is 12.2 Å². The monoisotopic (exact) mass is 420 g/mol. The van der Waals surface area contributed by atoms with E-state index < -0.39 is 0 Å². The zero-order chi connectivity index (χ0) is 19.3. The number of fused-ring (bicyclic) bond motifs is 4. The van der Waals surface area contributed by atoms with Gasteiger partial charge in [0.1, 0.15) is 5.60 Å². The number of nitrogens with two attached hydrogens (primary N) is 1. The van der Waals surface area contributed by atoms with Crippen molar-refractivity contribution < 1.29 is 14.3 Å². The summed E-state index contributed by atoms with van der Waals surface area (Å²) in [7, 11) is 1.85. The van der Waals surface area contributed by atoms with Crippen LogP contribution in [-0.2, 0) is 15.1 Å². The van der Waals surface area contributed by atoms with Crippen molar-refractivity contribution in [3.05, 3.63) is 35.4 Å². The van der Waals surface area contributed by atoms with Crippen molar-refractivity contribution in [3.8, 4) is 0 Å². The molecule has 0 radical (unpaired) electrons. The van der Waals surface area contributed by atoms with Crippen LogP contribution in [0.15, 0.2) is 24.3 Å². The molecule has 5 nitrogen and oxygen atoms in total. The van der Waals surface area contributed by atoms with Gasteiger partial charge in [-0.15, -0.1) is 12.4 Å². The molecule has 6 atom stereocenters. The number of piperidine rings is 1. The van der Waals surface area contributed by atoms with Crippen LogP contribution in [-0.4, -0.2) is 49.3 Å². The molecule has 3 heterocycles. The molecule has 3 aliphatic heterocycles. The van der Waals surface area contributed by atoms with E-state index in [2.05, 4.69) is 11.0 Å². The Morgan fingerprint density at radius 3 is 2.38 bits per heavy atom. The Hall–Kier alpha value is -1.14. The van der Waals surface area contributed by atoms with Crippen LogP contribution in [0.25, 0.3) is 0 Å². The standard InChI is InChI=1S/C23H32N2O3.ClH/c1-27-23(16-5-2-4-15(10-16)22(24)26)17-6-3-7-18(23)14-25(13-17)19-11-20-8-9-21(12-19)28-20;/h2,4-5,10,17-21H,3,6-9,11-14H2,1H3,(H2,24,26);1H/t17-,18+,19-,20+,21-,23-;. The highest BCUT2D eigenvalue weighted by molar-refractivity contribution is 5.92. The van der Waals surface area contributed by atoms with E-state index in [9.17, 15) is 4.79 Å². The fourth-order valence-electron chi connectivity index (χ4n) is 6.73. The Morgan fingerprint density at radius 1 is 1.14 bits per heavy atom. The lowest BCUT2D eigenvalue weighted by atomic mass is 9.62. The topological polar surface area (TPSA) is 64.8 Å². The number of benzene rings is 1. The minimum Gasteiger partial charge on any atom is -0.375 e. The fourth-order valence-corrected chi connectivity index (χ4v) is 6.73. The maximum absolute atomic E-state index is 11.8. The molecular formula is C23H33ClN2O3. The summed E-state index contributed by atoms with van der Waals surface area (Å²) in [5.74, 6) is 0.538. The Morgan fingerprint density at radius 2 is 1.79 bits per heavy atom. The minimum absolute atomic E-state index is 0. The molecule has 0 unspecified atom stereocenters. The Labute approximate surface area is 179 Å². The van der Waals surface area contributed by atoms with Gasteiger partial charge in [-0.2, -0.15) is 0 Å². The largest absolute Gasteiger partial charge is 0.375 e. The number of primary amides is 1. The van der Waals surface area contributed by atoms with Crippen molar-refractivity contribution in [2.24, 2.45) is 17.6 Å². The third-order valence-electron chi connectivity index (χ3n) is 7.95. The van der Waals surface area contributed by atoms with E-state index in [1.165, 1.54) is 44.9 Å². The second kappa shape index (κ2) is 8.18. The second-order valence-corrected chi connectivity index (χ2v) is 9.30. The van der Waals surface area contributed by atoms with Gasteiger partial charge in [-0.25, -0.2) is 0 Å². The molecule has 2 N–H and O–H groups in total. The van der Waals surface area contributed by atoms with Crippen molar-refractivity contribution in [1.29, 1.82) is 0 Å². The fraction of sp³-hybridized carbons (Fsp3) is 0.696. The molecule has 4 bridgehead atoms. The van der Waals surface area contributed by atoms with Crippen LogP contribution in [0.3, 0.4) is 0 Å². The maximum Gasteiger partial charge on any atom is 0.248 e. The van der Waals surface area contributed by atoms with Gasteiger partial charge < -0.3 is 15.2 Å². The molecule has 4 aliphatic rings. The highest BCUT2D eigenvalue weighted by Crippen LogP contribution is 2.52. The first-order chi connectivity index (χ1) is 13.6. The molecule has 3 saturated heterocycles. The number of likely N-dealkylation sites (tertiary alicyclic amines) is 1. The van der Waals surface area contributed by atoms with Gasteiger partial charge in [0.15, 0.2) is 0 Å². The third kappa shape index (κ3) is 3.50. The van der Waals surface area contributed by atoms with E-state index in [-0.39, 0.29) is 23.9 Å². The van der Waals surface area contributed by atoms with E-state index in [0.717, 1.165) is 18.7 Å². The van der Waals surface area contributed by atoms with E-state index >= 15 is 0 Å². The number of nitrogens with zero attached hydrogens (tertiary/aromatic N) is 1. The summed E-state index contributed by atoms with van der Waals surface area (Å²) in [5, 5.41) is 0. The predicted molar refractivity (Wildman–Crippen MR) is 114 cm³/mol. The highest BCUT2D eigenvalue weighted by Gasteiger charge is 2.54.